The standard InChI is InChI=1S/C19H21N3O5/c1-22-14-6-5-12(7-11(14)8-17(22)23)20-19(24)21-13-9-15(25-2)18(27-4)16(10-13)26-3/h5-7,9-10H,8H2,1-4H3,(H2,20,21,24). The van der Waals surface area contributed by atoms with E-state index >= 15 is 0 Å². The Balaban J connectivity index is 1.75. The molecule has 1 aliphatic rings. The van der Waals surface area contributed by atoms with Crippen LogP contribution < -0.4 is 29.7 Å². The van der Waals surface area contributed by atoms with Crippen LogP contribution in [0.2, 0.25) is 0 Å². The van der Waals surface area contributed by atoms with Crippen molar-refractivity contribution in [2.75, 3.05) is 43.9 Å². The average Bonchev–Trinajstić information content (AvgIpc) is 2.94. The Morgan fingerprint density at radius 3 is 2.19 bits per heavy atom. The van der Waals surface area contributed by atoms with Crippen molar-refractivity contribution in [1.29, 1.82) is 0 Å². The molecule has 2 aromatic carbocycles. The fourth-order valence-electron chi connectivity index (χ4n) is 2.99. The quantitative estimate of drug-likeness (QED) is 0.844. The number of nitrogens with zero attached hydrogens (tertiary/aromatic N) is 1. The van der Waals surface area contributed by atoms with Gasteiger partial charge in [0.25, 0.3) is 0 Å². The highest BCUT2D eigenvalue weighted by atomic mass is 16.5. The molecule has 1 aliphatic heterocycles. The molecule has 8 nitrogen and oxygen atoms in total. The molecule has 0 saturated heterocycles. The number of carbonyl (C=O) groups excluding carboxylic acids is 2. The summed E-state index contributed by atoms with van der Waals surface area (Å²) >= 11 is 0. The molecule has 3 amide bonds. The number of carbonyl (C=O) groups is 2. The summed E-state index contributed by atoms with van der Waals surface area (Å²) in [4.78, 5) is 25.7. The molecule has 1 heterocycles. The maximum Gasteiger partial charge on any atom is 0.323 e. The molecule has 3 rings (SSSR count). The number of anilines is 3. The van der Waals surface area contributed by atoms with Gasteiger partial charge in [-0.15, -0.1) is 0 Å². The SMILES string of the molecule is COc1cc(NC(=O)Nc2ccc3c(c2)CC(=O)N3C)cc(OC)c1OC. The summed E-state index contributed by atoms with van der Waals surface area (Å²) in [6.45, 7) is 0. The van der Waals surface area contributed by atoms with Crippen LogP contribution >= 0.6 is 0 Å². The molecule has 142 valence electrons. The second-order valence-electron chi connectivity index (χ2n) is 5.97. The first-order valence-electron chi connectivity index (χ1n) is 8.24. The smallest absolute Gasteiger partial charge is 0.323 e. The van der Waals surface area contributed by atoms with Gasteiger partial charge < -0.3 is 29.7 Å². The fraction of sp³-hybridized carbons (Fsp3) is 0.263. The minimum absolute atomic E-state index is 0.0315. The number of benzene rings is 2. The van der Waals surface area contributed by atoms with E-state index < -0.39 is 6.03 Å². The first kappa shape index (κ1) is 18.4. The molecule has 0 fully saturated rings. The molecule has 0 aliphatic carbocycles. The van der Waals surface area contributed by atoms with Gasteiger partial charge in [0.05, 0.1) is 33.4 Å². The van der Waals surface area contributed by atoms with Gasteiger partial charge in [0.15, 0.2) is 11.5 Å². The van der Waals surface area contributed by atoms with Crippen LogP contribution in [0.5, 0.6) is 17.2 Å². The van der Waals surface area contributed by atoms with E-state index in [-0.39, 0.29) is 5.91 Å². The van der Waals surface area contributed by atoms with Gasteiger partial charge in [0.2, 0.25) is 11.7 Å². The van der Waals surface area contributed by atoms with Crippen molar-refractivity contribution in [3.63, 3.8) is 0 Å². The Labute approximate surface area is 157 Å². The third-order valence-electron chi connectivity index (χ3n) is 4.34. The van der Waals surface area contributed by atoms with E-state index in [1.54, 1.807) is 36.2 Å². The zero-order valence-corrected chi connectivity index (χ0v) is 15.6. The van der Waals surface area contributed by atoms with Crippen molar-refractivity contribution >= 4 is 29.0 Å². The van der Waals surface area contributed by atoms with Crippen molar-refractivity contribution in [2.24, 2.45) is 0 Å². The number of hydrogen-bond acceptors (Lipinski definition) is 5. The van der Waals surface area contributed by atoms with Crippen LogP contribution in [0.4, 0.5) is 21.9 Å². The largest absolute Gasteiger partial charge is 0.493 e. The number of amides is 3. The minimum atomic E-state index is -0.429. The number of ether oxygens (including phenoxy) is 3. The van der Waals surface area contributed by atoms with E-state index in [1.807, 2.05) is 6.07 Å². The number of hydrogen-bond donors (Lipinski definition) is 2. The average molecular weight is 371 g/mol. The molecule has 0 atom stereocenters. The van der Waals surface area contributed by atoms with E-state index in [1.165, 1.54) is 21.3 Å². The topological polar surface area (TPSA) is 89.1 Å². The molecular weight excluding hydrogens is 350 g/mol. The molecule has 27 heavy (non-hydrogen) atoms. The summed E-state index contributed by atoms with van der Waals surface area (Å²) in [7, 11) is 6.25. The predicted octanol–water partition coefficient (Wildman–Crippen LogP) is 2.88. The monoisotopic (exact) mass is 371 g/mol. The lowest BCUT2D eigenvalue weighted by molar-refractivity contribution is -0.117. The highest BCUT2D eigenvalue weighted by molar-refractivity contribution is 6.03. The summed E-state index contributed by atoms with van der Waals surface area (Å²) < 4.78 is 15.8. The Kier molecular flexibility index (Phi) is 5.07. The van der Waals surface area contributed by atoms with Gasteiger partial charge in [-0.05, 0) is 23.8 Å². The molecule has 2 N–H and O–H groups in total. The first-order valence-corrected chi connectivity index (χ1v) is 8.24. The normalized spacial score (nSPS) is 12.4. The molecule has 0 aromatic heterocycles. The number of fused-ring (bicyclic) bond motifs is 1. The first-order chi connectivity index (χ1) is 13.0. The van der Waals surface area contributed by atoms with Gasteiger partial charge in [-0.25, -0.2) is 4.79 Å². The lowest BCUT2D eigenvalue weighted by Crippen LogP contribution is -2.20. The fourth-order valence-corrected chi connectivity index (χ4v) is 2.99. The highest BCUT2D eigenvalue weighted by Gasteiger charge is 2.24. The van der Waals surface area contributed by atoms with Crippen molar-refractivity contribution in [3.8, 4) is 17.2 Å². The van der Waals surface area contributed by atoms with Gasteiger partial charge in [0, 0.05) is 30.6 Å². The van der Waals surface area contributed by atoms with E-state index in [2.05, 4.69) is 10.6 Å². The number of rotatable bonds is 5. The molecule has 0 bridgehead atoms. The zero-order valence-electron chi connectivity index (χ0n) is 15.6. The van der Waals surface area contributed by atoms with Crippen molar-refractivity contribution < 1.29 is 23.8 Å². The third-order valence-corrected chi connectivity index (χ3v) is 4.34. The van der Waals surface area contributed by atoms with Gasteiger partial charge in [-0.1, -0.05) is 0 Å². The molecule has 0 radical (unpaired) electrons. The van der Waals surface area contributed by atoms with Crippen molar-refractivity contribution in [1.82, 2.24) is 0 Å². The highest BCUT2D eigenvalue weighted by Crippen LogP contribution is 2.40. The van der Waals surface area contributed by atoms with Crippen LogP contribution in [-0.4, -0.2) is 40.3 Å². The van der Waals surface area contributed by atoms with Crippen LogP contribution in [0.25, 0.3) is 0 Å². The minimum Gasteiger partial charge on any atom is -0.493 e. The Morgan fingerprint density at radius 1 is 0.963 bits per heavy atom. The molecule has 8 heteroatoms. The number of methoxy groups -OCH3 is 3. The summed E-state index contributed by atoms with van der Waals surface area (Å²) in [6, 6.07) is 8.21. The number of urea groups is 1. The van der Waals surface area contributed by atoms with Gasteiger partial charge in [-0.3, -0.25) is 4.79 Å². The number of nitrogens with one attached hydrogen (secondary N) is 2. The van der Waals surface area contributed by atoms with E-state index in [0.29, 0.717) is 35.0 Å². The van der Waals surface area contributed by atoms with Crippen LogP contribution in [0.15, 0.2) is 30.3 Å². The molecule has 0 saturated carbocycles. The third kappa shape index (κ3) is 3.59. The van der Waals surface area contributed by atoms with Gasteiger partial charge in [-0.2, -0.15) is 0 Å². The summed E-state index contributed by atoms with van der Waals surface area (Å²) in [5.74, 6) is 1.35. The predicted molar refractivity (Wildman–Crippen MR) is 102 cm³/mol. The lowest BCUT2D eigenvalue weighted by atomic mass is 10.1. The molecular formula is C19H21N3O5. The van der Waals surface area contributed by atoms with Crippen LogP contribution in [0, 0.1) is 0 Å². The number of likely N-dealkylation sites (N-methyl/N-ethyl adjacent to an activating group) is 1. The van der Waals surface area contributed by atoms with E-state index in [9.17, 15) is 9.59 Å². The maximum atomic E-state index is 12.4. The Bertz CT molecular complexity index is 872. The van der Waals surface area contributed by atoms with Gasteiger partial charge >= 0.3 is 6.03 Å². The molecule has 2 aromatic rings. The lowest BCUT2D eigenvalue weighted by Gasteiger charge is -2.15. The summed E-state index contributed by atoms with van der Waals surface area (Å²) in [6.07, 6.45) is 0.329. The van der Waals surface area contributed by atoms with Crippen molar-refractivity contribution in [3.05, 3.63) is 35.9 Å². The summed E-state index contributed by atoms with van der Waals surface area (Å²) in [5, 5.41) is 5.49. The van der Waals surface area contributed by atoms with Crippen LogP contribution in [0.3, 0.4) is 0 Å². The van der Waals surface area contributed by atoms with E-state index in [0.717, 1.165) is 11.3 Å². The maximum absolute atomic E-state index is 12.4. The van der Waals surface area contributed by atoms with Crippen LogP contribution in [-0.2, 0) is 11.2 Å². The zero-order chi connectivity index (χ0) is 19.6. The molecule has 0 unspecified atom stereocenters. The Morgan fingerprint density at radius 2 is 1.59 bits per heavy atom. The van der Waals surface area contributed by atoms with Gasteiger partial charge in [0.1, 0.15) is 0 Å². The van der Waals surface area contributed by atoms with E-state index in [4.69, 9.17) is 14.2 Å². The van der Waals surface area contributed by atoms with Crippen LogP contribution in [0.1, 0.15) is 5.56 Å². The molecule has 0 spiro atoms. The Hall–Kier alpha value is -3.42. The second-order valence-corrected chi connectivity index (χ2v) is 5.97. The summed E-state index contributed by atoms with van der Waals surface area (Å²) in [5.41, 5.74) is 2.82. The van der Waals surface area contributed by atoms with Crippen molar-refractivity contribution in [2.45, 2.75) is 6.42 Å². The second kappa shape index (κ2) is 7.45.